The zero-order chi connectivity index (χ0) is 22.0. The van der Waals surface area contributed by atoms with E-state index in [1.165, 1.54) is 16.0 Å². The molecule has 156 valence electrons. The van der Waals surface area contributed by atoms with Gasteiger partial charge in [0.15, 0.2) is 5.65 Å². The molecule has 0 unspecified atom stereocenters. The smallest absolute Gasteiger partial charge is 0.261 e. The summed E-state index contributed by atoms with van der Waals surface area (Å²) < 4.78 is 2.07. The summed E-state index contributed by atoms with van der Waals surface area (Å²) in [6.07, 6.45) is 0. The van der Waals surface area contributed by atoms with E-state index >= 15 is 0 Å². The van der Waals surface area contributed by atoms with Crippen molar-refractivity contribution in [2.24, 2.45) is 0 Å². The molecule has 1 aliphatic heterocycles. The van der Waals surface area contributed by atoms with Crippen LogP contribution in [0.1, 0.15) is 31.8 Å². The summed E-state index contributed by atoms with van der Waals surface area (Å²) in [6.45, 7) is 4.86. The SMILES string of the molecule is Cc1cc2nc3c4ccccc4n(CCN4C(=O)c5ccccc5C4=O)c3nc2cc1C. The number of benzene rings is 3. The van der Waals surface area contributed by atoms with E-state index in [-0.39, 0.29) is 18.4 Å². The molecule has 0 radical (unpaired) electrons. The molecule has 0 spiro atoms. The molecule has 6 heteroatoms. The molecule has 0 atom stereocenters. The number of aryl methyl sites for hydroxylation is 2. The van der Waals surface area contributed by atoms with Crippen molar-refractivity contribution >= 4 is 44.9 Å². The van der Waals surface area contributed by atoms with E-state index in [1.54, 1.807) is 24.3 Å². The number of hydrogen-bond donors (Lipinski definition) is 0. The van der Waals surface area contributed by atoms with Crippen molar-refractivity contribution in [2.75, 3.05) is 6.54 Å². The number of amides is 2. The third-order valence-corrected chi connectivity index (χ3v) is 6.39. The molecule has 2 amide bonds. The predicted molar refractivity (Wildman–Crippen MR) is 124 cm³/mol. The minimum atomic E-state index is -0.242. The van der Waals surface area contributed by atoms with Gasteiger partial charge >= 0.3 is 0 Å². The van der Waals surface area contributed by atoms with Gasteiger partial charge < -0.3 is 4.57 Å². The van der Waals surface area contributed by atoms with Crippen LogP contribution in [0.15, 0.2) is 60.7 Å². The normalized spacial score (nSPS) is 13.6. The van der Waals surface area contributed by atoms with Gasteiger partial charge in [-0.05, 0) is 55.3 Å². The van der Waals surface area contributed by atoms with E-state index in [0.29, 0.717) is 17.7 Å². The van der Waals surface area contributed by atoms with Crippen LogP contribution in [0.25, 0.3) is 33.1 Å². The number of hydrogen-bond acceptors (Lipinski definition) is 4. The minimum Gasteiger partial charge on any atom is -0.322 e. The highest BCUT2D eigenvalue weighted by Gasteiger charge is 2.34. The lowest BCUT2D eigenvalue weighted by molar-refractivity contribution is 0.0650. The van der Waals surface area contributed by atoms with Gasteiger partial charge in [-0.2, -0.15) is 0 Å². The molecule has 0 fully saturated rings. The fourth-order valence-electron chi connectivity index (χ4n) is 4.56. The maximum Gasteiger partial charge on any atom is 0.261 e. The monoisotopic (exact) mass is 420 g/mol. The lowest BCUT2D eigenvalue weighted by atomic mass is 10.1. The van der Waals surface area contributed by atoms with Gasteiger partial charge in [0.2, 0.25) is 0 Å². The number of fused-ring (bicyclic) bond motifs is 5. The zero-order valence-electron chi connectivity index (χ0n) is 17.8. The molecule has 3 aromatic carbocycles. The van der Waals surface area contributed by atoms with Crippen LogP contribution in [0.4, 0.5) is 0 Å². The first-order chi connectivity index (χ1) is 15.5. The standard InChI is InChI=1S/C26H20N4O2/c1-15-13-20-21(14-16(15)2)28-24-23(27-20)19-9-5-6-10-22(19)29(24)11-12-30-25(31)17-7-3-4-8-18(17)26(30)32/h3-10,13-14H,11-12H2,1-2H3. The maximum absolute atomic E-state index is 12.8. The van der Waals surface area contributed by atoms with Crippen LogP contribution in [0.2, 0.25) is 0 Å². The van der Waals surface area contributed by atoms with Crippen molar-refractivity contribution in [2.45, 2.75) is 20.4 Å². The largest absolute Gasteiger partial charge is 0.322 e. The number of carbonyl (C=O) groups excluding carboxylic acids is 2. The van der Waals surface area contributed by atoms with Crippen molar-refractivity contribution in [1.29, 1.82) is 0 Å². The van der Waals surface area contributed by atoms with E-state index in [4.69, 9.17) is 9.97 Å². The van der Waals surface area contributed by atoms with Gasteiger partial charge in [-0.25, -0.2) is 9.97 Å². The van der Waals surface area contributed by atoms with Gasteiger partial charge in [0.05, 0.1) is 27.7 Å². The quantitative estimate of drug-likeness (QED) is 0.399. The molecule has 2 aromatic heterocycles. The van der Waals surface area contributed by atoms with Gasteiger partial charge in [-0.1, -0.05) is 30.3 Å². The molecule has 32 heavy (non-hydrogen) atoms. The first-order valence-electron chi connectivity index (χ1n) is 10.6. The van der Waals surface area contributed by atoms with Crippen LogP contribution < -0.4 is 0 Å². The van der Waals surface area contributed by atoms with E-state index in [0.717, 1.165) is 33.1 Å². The fraction of sp³-hybridized carbons (Fsp3) is 0.154. The highest BCUT2D eigenvalue weighted by molar-refractivity contribution is 6.21. The Morgan fingerprint density at radius 1 is 0.750 bits per heavy atom. The summed E-state index contributed by atoms with van der Waals surface area (Å²) in [5.41, 5.74) is 7.57. The maximum atomic E-state index is 12.8. The van der Waals surface area contributed by atoms with Crippen molar-refractivity contribution in [1.82, 2.24) is 19.4 Å². The number of nitrogens with zero attached hydrogens (tertiary/aromatic N) is 4. The fourth-order valence-corrected chi connectivity index (χ4v) is 4.56. The second-order valence-electron chi connectivity index (χ2n) is 8.30. The molecule has 0 aliphatic carbocycles. The Kier molecular flexibility index (Phi) is 3.92. The van der Waals surface area contributed by atoms with Crippen molar-refractivity contribution in [3.05, 3.63) is 82.9 Å². The molecule has 0 saturated heterocycles. The summed E-state index contributed by atoms with van der Waals surface area (Å²) in [5.74, 6) is -0.483. The van der Waals surface area contributed by atoms with Gasteiger partial charge in [0.1, 0.15) is 5.52 Å². The number of para-hydroxylation sites is 1. The van der Waals surface area contributed by atoms with E-state index in [2.05, 4.69) is 30.5 Å². The van der Waals surface area contributed by atoms with E-state index in [9.17, 15) is 9.59 Å². The van der Waals surface area contributed by atoms with E-state index in [1.807, 2.05) is 24.3 Å². The minimum absolute atomic E-state index is 0.242. The van der Waals surface area contributed by atoms with Crippen molar-refractivity contribution in [3.63, 3.8) is 0 Å². The highest BCUT2D eigenvalue weighted by atomic mass is 16.2. The Morgan fingerprint density at radius 3 is 2.03 bits per heavy atom. The number of carbonyl (C=O) groups is 2. The number of rotatable bonds is 3. The van der Waals surface area contributed by atoms with Crippen LogP contribution in [-0.4, -0.2) is 37.8 Å². The number of imide groups is 1. The summed E-state index contributed by atoms with van der Waals surface area (Å²) in [7, 11) is 0. The first kappa shape index (κ1) is 18.7. The molecule has 0 bridgehead atoms. The predicted octanol–water partition coefficient (Wildman–Crippen LogP) is 4.65. The van der Waals surface area contributed by atoms with Gasteiger partial charge in [0, 0.05) is 18.5 Å². The first-order valence-corrected chi connectivity index (χ1v) is 10.6. The van der Waals surface area contributed by atoms with Crippen LogP contribution in [0, 0.1) is 13.8 Å². The average molecular weight is 420 g/mol. The molecule has 0 saturated carbocycles. The van der Waals surface area contributed by atoms with Crippen LogP contribution in [0.3, 0.4) is 0 Å². The Balaban J connectivity index is 1.47. The van der Waals surface area contributed by atoms with Gasteiger partial charge in [-0.15, -0.1) is 0 Å². The Bertz CT molecular complexity index is 1560. The summed E-state index contributed by atoms with van der Waals surface area (Å²) in [6, 6.07) is 19.1. The Hall–Kier alpha value is -4.06. The molecular formula is C26H20N4O2. The van der Waals surface area contributed by atoms with Crippen molar-refractivity contribution < 1.29 is 9.59 Å². The third kappa shape index (κ3) is 2.59. The van der Waals surface area contributed by atoms with Gasteiger partial charge in [-0.3, -0.25) is 14.5 Å². The second-order valence-corrected chi connectivity index (χ2v) is 8.30. The molecule has 6 nitrogen and oxygen atoms in total. The molecule has 3 heterocycles. The second kappa shape index (κ2) is 6.72. The highest BCUT2D eigenvalue weighted by Crippen LogP contribution is 2.30. The summed E-state index contributed by atoms with van der Waals surface area (Å²) >= 11 is 0. The van der Waals surface area contributed by atoms with Crippen LogP contribution in [0.5, 0.6) is 0 Å². The average Bonchev–Trinajstić information content (AvgIpc) is 3.23. The lowest BCUT2D eigenvalue weighted by Gasteiger charge is -2.15. The van der Waals surface area contributed by atoms with Gasteiger partial charge in [0.25, 0.3) is 11.8 Å². The Morgan fingerprint density at radius 2 is 1.34 bits per heavy atom. The van der Waals surface area contributed by atoms with Crippen molar-refractivity contribution in [3.8, 4) is 0 Å². The topological polar surface area (TPSA) is 68.1 Å². The number of aromatic nitrogens is 3. The molecule has 0 N–H and O–H groups in total. The molecule has 5 aromatic rings. The zero-order valence-corrected chi connectivity index (χ0v) is 17.8. The Labute approximate surface area is 184 Å². The molecule has 1 aliphatic rings. The summed E-state index contributed by atoms with van der Waals surface area (Å²) in [5, 5.41) is 1.01. The lowest BCUT2D eigenvalue weighted by Crippen LogP contribution is -2.32. The molecule has 6 rings (SSSR count). The van der Waals surface area contributed by atoms with Crippen LogP contribution >= 0.6 is 0 Å². The third-order valence-electron chi connectivity index (χ3n) is 6.39. The summed E-state index contributed by atoms with van der Waals surface area (Å²) in [4.78, 5) is 36.8. The molecular weight excluding hydrogens is 400 g/mol. The van der Waals surface area contributed by atoms with E-state index < -0.39 is 0 Å². The van der Waals surface area contributed by atoms with Crippen LogP contribution in [-0.2, 0) is 6.54 Å².